The number of hydrogen-bond acceptors (Lipinski definition) is 4. The largest absolute Gasteiger partial charge is 0.326 e. The molecule has 2 aromatic carbocycles. The van der Waals surface area contributed by atoms with E-state index in [1.165, 1.54) is 11.8 Å². The Labute approximate surface area is 143 Å². The van der Waals surface area contributed by atoms with Gasteiger partial charge in [0.05, 0.1) is 6.04 Å². The molecular formula is C18H17N3O2S. The molecule has 5 nitrogen and oxygen atoms in total. The Morgan fingerprint density at radius 1 is 1.21 bits per heavy atom. The van der Waals surface area contributed by atoms with Crippen molar-refractivity contribution >= 4 is 45.2 Å². The molecule has 1 aliphatic heterocycles. The first-order valence-corrected chi connectivity index (χ1v) is 8.89. The van der Waals surface area contributed by atoms with E-state index in [2.05, 4.69) is 15.6 Å². The van der Waals surface area contributed by atoms with E-state index in [0.29, 0.717) is 11.2 Å². The summed E-state index contributed by atoms with van der Waals surface area (Å²) < 4.78 is 0. The van der Waals surface area contributed by atoms with Crippen LogP contribution >= 0.6 is 11.8 Å². The van der Waals surface area contributed by atoms with Crippen molar-refractivity contribution in [2.24, 2.45) is 4.99 Å². The number of benzene rings is 2. The van der Waals surface area contributed by atoms with Crippen LogP contribution in [0, 0.1) is 0 Å². The van der Waals surface area contributed by atoms with E-state index in [4.69, 9.17) is 0 Å². The number of fused-ring (bicyclic) bond motifs is 1. The molecule has 4 rings (SSSR count). The molecule has 2 aliphatic rings. The van der Waals surface area contributed by atoms with E-state index >= 15 is 0 Å². The Balaban J connectivity index is 1.39. The molecule has 0 bridgehead atoms. The van der Waals surface area contributed by atoms with E-state index in [0.717, 1.165) is 29.3 Å². The third kappa shape index (κ3) is 3.43. The Bertz CT molecular complexity index is 845. The van der Waals surface area contributed by atoms with Crippen LogP contribution in [-0.4, -0.2) is 28.3 Å². The van der Waals surface area contributed by atoms with Crippen molar-refractivity contribution in [3.05, 3.63) is 42.5 Å². The second-order valence-corrected chi connectivity index (χ2v) is 7.27. The number of nitrogens with zero attached hydrogens (tertiary/aromatic N) is 1. The fourth-order valence-electron chi connectivity index (χ4n) is 2.62. The Kier molecular flexibility index (Phi) is 3.98. The third-order valence-corrected chi connectivity index (χ3v) is 5.12. The summed E-state index contributed by atoms with van der Waals surface area (Å²) in [6.45, 7) is 0. The quantitative estimate of drug-likeness (QED) is 0.900. The third-order valence-electron chi connectivity index (χ3n) is 4.03. The molecule has 1 saturated carbocycles. The van der Waals surface area contributed by atoms with E-state index < -0.39 is 5.25 Å². The van der Waals surface area contributed by atoms with Gasteiger partial charge in [-0.25, -0.2) is 0 Å². The molecule has 2 N–H and O–H groups in total. The van der Waals surface area contributed by atoms with Crippen molar-refractivity contribution < 1.29 is 9.59 Å². The average molecular weight is 339 g/mol. The minimum absolute atomic E-state index is 0.131. The van der Waals surface area contributed by atoms with Crippen LogP contribution < -0.4 is 10.6 Å². The second-order valence-electron chi connectivity index (χ2n) is 6.08. The normalized spacial score (nSPS) is 21.9. The van der Waals surface area contributed by atoms with Gasteiger partial charge >= 0.3 is 0 Å². The zero-order valence-electron chi connectivity index (χ0n) is 13.0. The van der Waals surface area contributed by atoms with Crippen molar-refractivity contribution in [1.82, 2.24) is 5.32 Å². The molecule has 122 valence electrons. The van der Waals surface area contributed by atoms with Crippen molar-refractivity contribution in [1.29, 1.82) is 0 Å². The summed E-state index contributed by atoms with van der Waals surface area (Å²) in [5, 5.41) is 8.10. The van der Waals surface area contributed by atoms with Crippen LogP contribution in [0.3, 0.4) is 0 Å². The maximum absolute atomic E-state index is 12.2. The molecule has 1 heterocycles. The molecule has 0 unspecified atom stereocenters. The Hall–Kier alpha value is -2.34. The fraction of sp³-hybridized carbons (Fsp3) is 0.278. The van der Waals surface area contributed by atoms with Gasteiger partial charge in [-0.3, -0.25) is 14.6 Å². The molecular weight excluding hydrogens is 322 g/mol. The van der Waals surface area contributed by atoms with Crippen molar-refractivity contribution in [2.45, 2.75) is 30.6 Å². The highest BCUT2D eigenvalue weighted by atomic mass is 32.2. The number of amidine groups is 1. The van der Waals surface area contributed by atoms with Crippen LogP contribution in [-0.2, 0) is 9.59 Å². The van der Waals surface area contributed by atoms with Gasteiger partial charge in [0.1, 0.15) is 5.25 Å². The van der Waals surface area contributed by atoms with Crippen LogP contribution in [0.4, 0.5) is 5.69 Å². The summed E-state index contributed by atoms with van der Waals surface area (Å²) in [5.41, 5.74) is 0.744. The highest BCUT2D eigenvalue weighted by Crippen LogP contribution is 2.29. The molecule has 24 heavy (non-hydrogen) atoms. The second kappa shape index (κ2) is 6.28. The van der Waals surface area contributed by atoms with Gasteiger partial charge in [0.15, 0.2) is 5.17 Å². The van der Waals surface area contributed by atoms with E-state index in [-0.39, 0.29) is 18.2 Å². The smallest absolute Gasteiger partial charge is 0.240 e. The van der Waals surface area contributed by atoms with Gasteiger partial charge in [-0.2, -0.15) is 0 Å². The fourth-order valence-corrected chi connectivity index (χ4v) is 3.66. The van der Waals surface area contributed by atoms with Crippen LogP contribution in [0.25, 0.3) is 10.8 Å². The van der Waals surface area contributed by atoms with Crippen molar-refractivity contribution in [2.75, 3.05) is 5.32 Å². The van der Waals surface area contributed by atoms with Crippen molar-refractivity contribution in [3.8, 4) is 0 Å². The maximum atomic E-state index is 12.2. The van der Waals surface area contributed by atoms with E-state index in [1.54, 1.807) is 0 Å². The predicted octanol–water partition coefficient (Wildman–Crippen LogP) is 2.92. The Morgan fingerprint density at radius 3 is 2.79 bits per heavy atom. The molecule has 2 fully saturated rings. The minimum Gasteiger partial charge on any atom is -0.326 e. The van der Waals surface area contributed by atoms with Crippen LogP contribution in [0.2, 0.25) is 0 Å². The van der Waals surface area contributed by atoms with Crippen LogP contribution in [0.15, 0.2) is 47.5 Å². The lowest BCUT2D eigenvalue weighted by atomic mass is 10.1. The zero-order chi connectivity index (χ0) is 16.5. The monoisotopic (exact) mass is 339 g/mol. The standard InChI is InChI=1S/C18H17N3O2S/c22-16(10-15-17(23)21-18(24-15)20-13-7-8-13)19-14-6-5-11-3-1-2-4-12(11)9-14/h1-6,9,13,15H,7-8,10H2,(H,19,22)(H,20,21,23)/t15-/m0/s1. The van der Waals surface area contributed by atoms with Gasteiger partial charge in [-0.1, -0.05) is 42.1 Å². The average Bonchev–Trinajstić information content (AvgIpc) is 3.31. The molecule has 1 atom stereocenters. The number of amides is 2. The van der Waals surface area contributed by atoms with Crippen LogP contribution in [0.5, 0.6) is 0 Å². The summed E-state index contributed by atoms with van der Waals surface area (Å²) in [6, 6.07) is 14.1. The zero-order valence-corrected chi connectivity index (χ0v) is 13.8. The summed E-state index contributed by atoms with van der Waals surface area (Å²) >= 11 is 1.36. The summed E-state index contributed by atoms with van der Waals surface area (Å²) in [7, 11) is 0. The van der Waals surface area contributed by atoms with E-state index in [9.17, 15) is 9.59 Å². The number of carbonyl (C=O) groups is 2. The molecule has 2 amide bonds. The van der Waals surface area contributed by atoms with Gasteiger partial charge in [0.2, 0.25) is 11.8 Å². The number of nitrogens with one attached hydrogen (secondary N) is 2. The molecule has 6 heteroatoms. The number of carbonyl (C=O) groups excluding carboxylic acids is 2. The number of thioether (sulfide) groups is 1. The van der Waals surface area contributed by atoms with Gasteiger partial charge in [0.25, 0.3) is 0 Å². The highest BCUT2D eigenvalue weighted by Gasteiger charge is 2.33. The molecule has 1 saturated heterocycles. The highest BCUT2D eigenvalue weighted by molar-refractivity contribution is 8.15. The minimum atomic E-state index is -0.400. The molecule has 0 aromatic heterocycles. The Morgan fingerprint density at radius 2 is 2.00 bits per heavy atom. The molecule has 0 spiro atoms. The van der Waals surface area contributed by atoms with Crippen molar-refractivity contribution in [3.63, 3.8) is 0 Å². The van der Waals surface area contributed by atoms with Gasteiger partial charge in [0, 0.05) is 12.1 Å². The number of aliphatic imine (C=N–C) groups is 1. The first-order valence-electron chi connectivity index (χ1n) is 8.01. The van der Waals surface area contributed by atoms with E-state index in [1.807, 2.05) is 42.5 Å². The predicted molar refractivity (Wildman–Crippen MR) is 97.2 cm³/mol. The van der Waals surface area contributed by atoms with Gasteiger partial charge < -0.3 is 10.6 Å². The lowest BCUT2D eigenvalue weighted by molar-refractivity contribution is -0.122. The molecule has 1 aliphatic carbocycles. The first-order chi connectivity index (χ1) is 11.7. The lowest BCUT2D eigenvalue weighted by Crippen LogP contribution is -2.28. The summed E-state index contributed by atoms with van der Waals surface area (Å²) in [4.78, 5) is 28.6. The molecule has 2 aromatic rings. The first kappa shape index (κ1) is 15.2. The number of anilines is 1. The topological polar surface area (TPSA) is 70.6 Å². The van der Waals surface area contributed by atoms with Gasteiger partial charge in [-0.05, 0) is 35.7 Å². The van der Waals surface area contributed by atoms with Gasteiger partial charge in [-0.15, -0.1) is 0 Å². The number of rotatable bonds is 4. The summed E-state index contributed by atoms with van der Waals surface area (Å²) in [5.74, 6) is -0.293. The van der Waals surface area contributed by atoms with Crippen LogP contribution in [0.1, 0.15) is 19.3 Å². The lowest BCUT2D eigenvalue weighted by Gasteiger charge is -2.08. The molecule has 0 radical (unpaired) electrons. The SMILES string of the molecule is O=C(C[C@@H]1SC(=NC2CC2)NC1=O)Nc1ccc2ccccc2c1. The summed E-state index contributed by atoms with van der Waals surface area (Å²) in [6.07, 6.45) is 2.33. The number of hydrogen-bond donors (Lipinski definition) is 2. The maximum Gasteiger partial charge on any atom is 0.240 e.